The molecular formula is C14H14FN3O. The molecule has 0 unspecified atom stereocenters. The zero-order valence-corrected chi connectivity index (χ0v) is 10.4. The molecule has 19 heavy (non-hydrogen) atoms. The molecule has 0 radical (unpaired) electrons. The number of hydrogen-bond acceptors (Lipinski definition) is 3. The summed E-state index contributed by atoms with van der Waals surface area (Å²) < 4.78 is 13.4. The largest absolute Gasteiger partial charge is 0.335 e. The molecule has 1 aromatic heterocycles. The zero-order valence-electron chi connectivity index (χ0n) is 10.4. The molecule has 1 fully saturated rings. The van der Waals surface area contributed by atoms with Gasteiger partial charge < -0.3 is 10.2 Å². The fourth-order valence-electron chi connectivity index (χ4n) is 2.33. The summed E-state index contributed by atoms with van der Waals surface area (Å²) in [5, 5.41) is 4.60. The Kier molecular flexibility index (Phi) is 3.13. The lowest BCUT2D eigenvalue weighted by atomic mass is 10.1. The van der Waals surface area contributed by atoms with Crippen molar-refractivity contribution in [2.75, 3.05) is 26.2 Å². The molecule has 0 bridgehead atoms. The third-order valence-electron chi connectivity index (χ3n) is 3.33. The first kappa shape index (κ1) is 12.0. The summed E-state index contributed by atoms with van der Waals surface area (Å²) in [7, 11) is 0. The quantitative estimate of drug-likeness (QED) is 0.842. The van der Waals surface area contributed by atoms with Gasteiger partial charge in [0.25, 0.3) is 5.91 Å². The summed E-state index contributed by atoms with van der Waals surface area (Å²) in [4.78, 5) is 18.3. The number of piperazine rings is 1. The fraction of sp³-hybridized carbons (Fsp3) is 0.286. The molecule has 0 atom stereocenters. The van der Waals surface area contributed by atoms with Crippen LogP contribution in [0.15, 0.2) is 30.5 Å². The summed E-state index contributed by atoms with van der Waals surface area (Å²) >= 11 is 0. The van der Waals surface area contributed by atoms with E-state index in [0.717, 1.165) is 18.5 Å². The van der Waals surface area contributed by atoms with Gasteiger partial charge in [-0.15, -0.1) is 0 Å². The van der Waals surface area contributed by atoms with Crippen LogP contribution >= 0.6 is 0 Å². The highest BCUT2D eigenvalue weighted by Crippen LogP contribution is 2.19. The van der Waals surface area contributed by atoms with Crippen LogP contribution in [0, 0.1) is 5.82 Å². The van der Waals surface area contributed by atoms with E-state index >= 15 is 0 Å². The molecule has 0 aliphatic carbocycles. The number of pyridine rings is 1. The van der Waals surface area contributed by atoms with Crippen LogP contribution in [0.5, 0.6) is 0 Å². The van der Waals surface area contributed by atoms with Crippen LogP contribution in [0.25, 0.3) is 10.8 Å². The van der Waals surface area contributed by atoms with Crippen molar-refractivity contribution < 1.29 is 9.18 Å². The van der Waals surface area contributed by atoms with Gasteiger partial charge in [-0.2, -0.15) is 0 Å². The molecule has 1 aromatic carbocycles. The van der Waals surface area contributed by atoms with E-state index in [1.54, 1.807) is 23.2 Å². The van der Waals surface area contributed by atoms with Gasteiger partial charge in [-0.25, -0.2) is 4.39 Å². The van der Waals surface area contributed by atoms with Gasteiger partial charge in [-0.1, -0.05) is 6.07 Å². The Morgan fingerprint density at radius 1 is 1.26 bits per heavy atom. The Labute approximate surface area is 110 Å². The molecule has 2 aromatic rings. The van der Waals surface area contributed by atoms with Gasteiger partial charge in [-0.3, -0.25) is 9.78 Å². The Hall–Kier alpha value is -2.01. The van der Waals surface area contributed by atoms with E-state index in [1.807, 2.05) is 0 Å². The van der Waals surface area contributed by atoms with Crippen molar-refractivity contribution in [1.82, 2.24) is 15.2 Å². The van der Waals surface area contributed by atoms with Crippen LogP contribution in [0.3, 0.4) is 0 Å². The van der Waals surface area contributed by atoms with E-state index in [9.17, 15) is 9.18 Å². The summed E-state index contributed by atoms with van der Waals surface area (Å²) in [5.41, 5.74) is 0.332. The molecule has 1 saturated heterocycles. The van der Waals surface area contributed by atoms with Crippen molar-refractivity contribution in [1.29, 1.82) is 0 Å². The van der Waals surface area contributed by atoms with Crippen molar-refractivity contribution in [2.24, 2.45) is 0 Å². The van der Waals surface area contributed by atoms with Gasteiger partial charge in [-0.05, 0) is 23.6 Å². The minimum atomic E-state index is -0.352. The number of hydrogen-bond donors (Lipinski definition) is 1. The van der Waals surface area contributed by atoms with Gasteiger partial charge in [0.1, 0.15) is 11.5 Å². The number of carbonyl (C=O) groups is 1. The number of fused-ring (bicyclic) bond motifs is 1. The molecule has 3 rings (SSSR count). The number of nitrogens with zero attached hydrogens (tertiary/aromatic N) is 2. The topological polar surface area (TPSA) is 45.2 Å². The predicted molar refractivity (Wildman–Crippen MR) is 70.5 cm³/mol. The summed E-state index contributed by atoms with van der Waals surface area (Å²) in [6, 6.07) is 6.21. The van der Waals surface area contributed by atoms with E-state index in [2.05, 4.69) is 10.3 Å². The second-order valence-corrected chi connectivity index (χ2v) is 4.57. The Balaban J connectivity index is 2.03. The fourth-order valence-corrected chi connectivity index (χ4v) is 2.33. The third-order valence-corrected chi connectivity index (χ3v) is 3.33. The van der Waals surface area contributed by atoms with Crippen LogP contribution < -0.4 is 5.32 Å². The number of halogens is 1. The Morgan fingerprint density at radius 2 is 2.05 bits per heavy atom. The highest BCUT2D eigenvalue weighted by atomic mass is 19.1. The SMILES string of the molecule is O=C(c1nccc2ccc(F)cc12)N1CCNCC1. The number of amides is 1. The average Bonchev–Trinajstić information content (AvgIpc) is 2.47. The number of aromatic nitrogens is 1. The highest BCUT2D eigenvalue weighted by molar-refractivity contribution is 6.05. The maximum atomic E-state index is 13.4. The predicted octanol–water partition coefficient (Wildman–Crippen LogP) is 1.42. The van der Waals surface area contributed by atoms with Crippen molar-refractivity contribution in [3.05, 3.63) is 42.0 Å². The molecule has 5 heteroatoms. The maximum Gasteiger partial charge on any atom is 0.273 e. The zero-order chi connectivity index (χ0) is 13.2. The average molecular weight is 259 g/mol. The minimum absolute atomic E-state index is 0.127. The first-order valence-corrected chi connectivity index (χ1v) is 6.30. The van der Waals surface area contributed by atoms with Gasteiger partial charge in [0.15, 0.2) is 0 Å². The molecule has 2 heterocycles. The molecule has 0 saturated carbocycles. The van der Waals surface area contributed by atoms with E-state index < -0.39 is 0 Å². The van der Waals surface area contributed by atoms with Crippen LogP contribution in [0.2, 0.25) is 0 Å². The smallest absolute Gasteiger partial charge is 0.273 e. The monoisotopic (exact) mass is 259 g/mol. The molecule has 1 amide bonds. The third kappa shape index (κ3) is 2.29. The molecule has 0 spiro atoms. The van der Waals surface area contributed by atoms with Gasteiger partial charge >= 0.3 is 0 Å². The van der Waals surface area contributed by atoms with Gasteiger partial charge in [0, 0.05) is 37.8 Å². The van der Waals surface area contributed by atoms with Crippen LogP contribution in [0.1, 0.15) is 10.5 Å². The van der Waals surface area contributed by atoms with E-state index in [-0.39, 0.29) is 11.7 Å². The summed E-state index contributed by atoms with van der Waals surface area (Å²) in [6.07, 6.45) is 1.59. The molecule has 98 valence electrons. The van der Waals surface area contributed by atoms with Crippen molar-refractivity contribution in [3.8, 4) is 0 Å². The van der Waals surface area contributed by atoms with E-state index in [4.69, 9.17) is 0 Å². The van der Waals surface area contributed by atoms with Crippen LogP contribution in [-0.2, 0) is 0 Å². The van der Waals surface area contributed by atoms with Crippen LogP contribution in [-0.4, -0.2) is 42.0 Å². The normalized spacial score (nSPS) is 15.7. The van der Waals surface area contributed by atoms with Crippen LogP contribution in [0.4, 0.5) is 4.39 Å². The van der Waals surface area contributed by atoms with Gasteiger partial charge in [0.05, 0.1) is 0 Å². The summed E-state index contributed by atoms with van der Waals surface area (Å²) in [6.45, 7) is 2.88. The van der Waals surface area contributed by atoms with E-state index in [0.29, 0.717) is 24.2 Å². The highest BCUT2D eigenvalue weighted by Gasteiger charge is 2.21. The molecular weight excluding hydrogens is 245 g/mol. The minimum Gasteiger partial charge on any atom is -0.335 e. The Morgan fingerprint density at radius 3 is 2.84 bits per heavy atom. The Bertz CT molecular complexity index is 623. The first-order valence-electron chi connectivity index (χ1n) is 6.30. The summed E-state index contributed by atoms with van der Waals surface area (Å²) in [5.74, 6) is -0.479. The lowest BCUT2D eigenvalue weighted by molar-refractivity contribution is 0.0732. The molecule has 4 nitrogen and oxygen atoms in total. The van der Waals surface area contributed by atoms with Crippen molar-refractivity contribution >= 4 is 16.7 Å². The van der Waals surface area contributed by atoms with Crippen molar-refractivity contribution in [2.45, 2.75) is 0 Å². The van der Waals surface area contributed by atoms with Gasteiger partial charge in [0.2, 0.25) is 0 Å². The maximum absolute atomic E-state index is 13.4. The number of rotatable bonds is 1. The second kappa shape index (κ2) is 4.93. The molecule has 1 aliphatic rings. The first-order chi connectivity index (χ1) is 9.25. The van der Waals surface area contributed by atoms with E-state index in [1.165, 1.54) is 12.1 Å². The molecule has 1 aliphatic heterocycles. The molecule has 1 N–H and O–H groups in total. The standard InChI is InChI=1S/C14H14FN3O/c15-11-2-1-10-3-4-17-13(12(10)9-11)14(19)18-7-5-16-6-8-18/h1-4,9,16H,5-8H2. The van der Waals surface area contributed by atoms with Crippen molar-refractivity contribution in [3.63, 3.8) is 0 Å². The lowest BCUT2D eigenvalue weighted by Crippen LogP contribution is -2.46. The number of nitrogens with one attached hydrogen (secondary N) is 1. The number of benzene rings is 1. The second-order valence-electron chi connectivity index (χ2n) is 4.57. The lowest BCUT2D eigenvalue weighted by Gasteiger charge is -2.27. The number of carbonyl (C=O) groups excluding carboxylic acids is 1.